The van der Waals surface area contributed by atoms with E-state index in [1.54, 1.807) is 19.2 Å². The number of rotatable bonds is 26. The molecule has 2 aliphatic rings. The molecule has 48 radical (unpaired) electrons. The van der Waals surface area contributed by atoms with E-state index >= 15 is 0 Å². The van der Waals surface area contributed by atoms with Gasteiger partial charge in [-0.15, -0.1) is 0 Å². The van der Waals surface area contributed by atoms with E-state index in [1.807, 2.05) is 42.5 Å². The number of aromatic nitrogens is 1. The van der Waals surface area contributed by atoms with Gasteiger partial charge in [-0.1, -0.05) is 60.1 Å². The summed E-state index contributed by atoms with van der Waals surface area (Å²) in [5, 5.41) is 1.89. The van der Waals surface area contributed by atoms with E-state index in [1.165, 1.54) is 22.1 Å². The van der Waals surface area contributed by atoms with Crippen molar-refractivity contribution in [2.24, 2.45) is 0 Å². The van der Waals surface area contributed by atoms with Crippen molar-refractivity contribution in [2.45, 2.75) is 31.5 Å². The molecule has 2 aliphatic heterocycles. The Hall–Kier alpha value is -0.813. The normalized spacial score (nSPS) is 13.6. The van der Waals surface area contributed by atoms with E-state index in [-0.39, 0.29) is 17.9 Å². The van der Waals surface area contributed by atoms with Gasteiger partial charge >= 0.3 is 0 Å². The highest BCUT2D eigenvalue weighted by atomic mass is 35.5. The smallest absolute Gasteiger partial charge is 0.162 e. The van der Waals surface area contributed by atoms with Crippen LogP contribution in [0.2, 0.25) is 5.02 Å². The van der Waals surface area contributed by atoms with Crippen LogP contribution in [0.3, 0.4) is 0 Å². The van der Waals surface area contributed by atoms with Crippen LogP contribution in [0.5, 0.6) is 11.5 Å². The molecular weight excluding hydrogens is 1010 g/mol. The van der Waals surface area contributed by atoms with Crippen LogP contribution in [0.1, 0.15) is 45.6 Å². The zero-order valence-corrected chi connectivity index (χ0v) is 48.9. The minimum absolute atomic E-state index is 0.0329. The third-order valence-electron chi connectivity index (χ3n) is 17.5. The minimum atomic E-state index is -1.30. The molecule has 0 aliphatic carbocycles. The van der Waals surface area contributed by atoms with E-state index in [9.17, 15) is 4.39 Å². The fourth-order valence-electron chi connectivity index (χ4n) is 14.0. The topological polar surface area (TPSA) is 37.5 Å². The molecule has 3 heterocycles. The zero-order valence-electron chi connectivity index (χ0n) is 48.1. The van der Waals surface area contributed by atoms with Gasteiger partial charge < -0.3 is 14.5 Å². The SMILES string of the molecule is COc1cc2c(cc1OCc1ccccc1)C1Cc3c([nH]c4cc(Cl)ccc34)C(c3ccc(F)cc3)N1CC2.[B]B([B])B(B([B])[B])B(B(B([B])[B])B([B])[B])B(B(B(B([B])[B])B([B])[B])B(B([B])[B])B([B])[B])B(B(B([B])[B])B([B])[B])B(B([B])[B])B([B])[B]. The largest absolute Gasteiger partial charge is 0.493 e. The molecule has 0 amide bonds. The molecule has 2 unspecified atom stereocenters. The Morgan fingerprint density at radius 1 is 0.506 bits per heavy atom. The number of aromatic amines is 1. The predicted molar refractivity (Wildman–Crippen MR) is 417 cm³/mol. The molecule has 85 heavy (non-hydrogen) atoms. The van der Waals surface area contributed by atoms with Crippen molar-refractivity contribution in [2.75, 3.05) is 13.7 Å². The van der Waals surface area contributed by atoms with Crippen molar-refractivity contribution in [1.29, 1.82) is 0 Å². The van der Waals surface area contributed by atoms with Crippen molar-refractivity contribution in [3.05, 3.63) is 129 Å². The number of halogens is 2. The first-order valence-corrected chi connectivity index (χ1v) is 28.7. The molecule has 334 valence electrons. The van der Waals surface area contributed by atoms with Crippen LogP contribution < -0.4 is 9.47 Å². The second kappa shape index (κ2) is 32.6. The van der Waals surface area contributed by atoms with Crippen LogP contribution in [0.4, 0.5) is 4.39 Å². The van der Waals surface area contributed by atoms with Gasteiger partial charge in [0.05, 0.1) is 13.2 Å². The Balaban J connectivity index is 0.000000274. The quantitative estimate of drug-likeness (QED) is 0.0561. The monoisotopic (exact) mass is 1040 g/mol. The first kappa shape index (κ1) is 73.2. The van der Waals surface area contributed by atoms with Gasteiger partial charge in [0.15, 0.2) is 11.5 Å². The summed E-state index contributed by atoms with van der Waals surface area (Å²) in [6.45, 7) is 1.35. The third-order valence-corrected chi connectivity index (χ3v) is 17.7. The van der Waals surface area contributed by atoms with Crippen LogP contribution in [0.15, 0.2) is 84.9 Å². The molecule has 1 N–H and O–H groups in total. The maximum atomic E-state index is 13.9. The maximum absolute atomic E-state index is 13.9. The lowest BCUT2D eigenvalue weighted by atomic mass is 8.25. The van der Waals surface area contributed by atoms with Crippen molar-refractivity contribution in [3.63, 3.8) is 0 Å². The molecule has 4 nitrogen and oxygen atoms in total. The molecule has 1 aromatic heterocycles. The Labute approximate surface area is 553 Å². The van der Waals surface area contributed by atoms with Crippen molar-refractivity contribution < 1.29 is 13.9 Å². The Morgan fingerprint density at radius 3 is 1.32 bits per heavy atom. The van der Waals surface area contributed by atoms with Crippen molar-refractivity contribution in [1.82, 2.24) is 9.88 Å². The number of nitrogens with one attached hydrogen (secondary N) is 1. The summed E-state index contributed by atoms with van der Waals surface area (Å²) in [6, 6.07) is 27.5. The molecule has 5 aromatic rings. The van der Waals surface area contributed by atoms with E-state index in [4.69, 9.17) is 207 Å². The second-order valence-electron chi connectivity index (χ2n) is 23.0. The summed E-state index contributed by atoms with van der Waals surface area (Å²) in [4.78, 5) is 6.22. The first-order chi connectivity index (χ1) is 39.9. The molecule has 4 aromatic carbocycles. The van der Waals surface area contributed by atoms with Gasteiger partial charge in [0.1, 0.15) is 12.4 Å². The summed E-state index contributed by atoms with van der Waals surface area (Å²) < 4.78 is 26.0. The predicted octanol–water partition coefficient (Wildman–Crippen LogP) is -9.72. The number of ether oxygens (including phenoxy) is 2. The third kappa shape index (κ3) is 17.3. The summed E-state index contributed by atoms with van der Waals surface area (Å²) >= 11 is 6.36. The lowest BCUT2D eigenvalue weighted by Gasteiger charge is -2.56. The fourth-order valence-corrected chi connectivity index (χ4v) is 14.2. The molecule has 0 bridgehead atoms. The summed E-state index contributed by atoms with van der Waals surface area (Å²) in [7, 11) is 154. The lowest BCUT2D eigenvalue weighted by Crippen LogP contribution is -2.94. The van der Waals surface area contributed by atoms with Crippen LogP contribution in [0, 0.1) is 5.82 Å². The number of methoxy groups -OCH3 is 1. The molecule has 52 heteroatoms. The van der Waals surface area contributed by atoms with Crippen LogP contribution in [-0.4, -0.2) is 350 Å². The van der Waals surface area contributed by atoms with E-state index in [2.05, 4.69) is 40.2 Å². The molecular formula is C33H28B46ClFN2O2. The molecule has 0 saturated heterocycles. The number of benzene rings is 4. The molecule has 7 rings (SSSR count). The highest BCUT2D eigenvalue weighted by Gasteiger charge is 2.59. The van der Waals surface area contributed by atoms with Gasteiger partial charge in [0.25, 0.3) is 0 Å². The minimum Gasteiger partial charge on any atom is -0.493 e. The second-order valence-corrected chi connectivity index (χ2v) is 23.5. The van der Waals surface area contributed by atoms with Gasteiger partial charge in [-0.05, 0) is 77.1 Å². The van der Waals surface area contributed by atoms with Gasteiger partial charge in [0, 0.05) is 360 Å². The average Bonchev–Trinajstić information content (AvgIpc) is 1.82. The zero-order chi connectivity index (χ0) is 63.2. The number of hydrogen-bond acceptors (Lipinski definition) is 3. The molecule has 0 saturated carbocycles. The van der Waals surface area contributed by atoms with E-state index < -0.39 is 140 Å². The highest BCUT2D eigenvalue weighted by Crippen LogP contribution is 2.50. The van der Waals surface area contributed by atoms with Crippen LogP contribution in [-0.2, 0) is 19.4 Å². The summed E-state index contributed by atoms with van der Waals surface area (Å²) in [5.74, 6) is 1.27. The Morgan fingerprint density at radius 2 is 0.918 bits per heavy atom. The first-order valence-electron chi connectivity index (χ1n) is 28.3. The Bertz CT molecular complexity index is 2670. The van der Waals surface area contributed by atoms with E-state index in [0.717, 1.165) is 53.2 Å². The molecule has 0 fully saturated rings. The number of nitrogens with zero attached hydrogens (tertiary/aromatic N) is 1. The molecule has 2 atom stereocenters. The van der Waals surface area contributed by atoms with Gasteiger partial charge in [-0.2, -0.15) is 0 Å². The number of H-pyrrole nitrogens is 1. The van der Waals surface area contributed by atoms with Crippen LogP contribution >= 0.6 is 11.6 Å². The average molecular weight is 1040 g/mol. The number of fused-ring (bicyclic) bond motifs is 6. The maximum Gasteiger partial charge on any atom is 0.162 e. The van der Waals surface area contributed by atoms with E-state index in [0.29, 0.717) is 11.6 Å². The van der Waals surface area contributed by atoms with Gasteiger partial charge in [0.2, 0.25) is 0 Å². The van der Waals surface area contributed by atoms with Crippen molar-refractivity contribution >= 4 is 349 Å². The fraction of sp³-hybridized carbons (Fsp3) is 0.212. The summed E-state index contributed by atoms with van der Waals surface area (Å²) in [6.07, 6.45) is -25.5. The van der Waals surface area contributed by atoms with Gasteiger partial charge in [-0.3, -0.25) is 4.90 Å². The Kier molecular flexibility index (Phi) is 28.1. The lowest BCUT2D eigenvalue weighted by molar-refractivity contribution is 0.127. The van der Waals surface area contributed by atoms with Crippen molar-refractivity contribution in [3.8, 4) is 11.5 Å². The molecule has 0 spiro atoms. The highest BCUT2D eigenvalue weighted by molar-refractivity contribution is 8.34. The van der Waals surface area contributed by atoms with Crippen LogP contribution in [0.25, 0.3) is 10.9 Å². The standard InChI is InChI=1S/C33H28ClFN2O2.B46/c1-38-30-15-22-13-14-37-29(26(22)18-31(30)39-19-20-5-3-2-4-6-20)17-27-25-12-9-23(34)16-28(25)36-32(27)33(37)21-7-10-24(35)11-8-21;1-25(2)37(26(3)4)43(38(27(5)6)28(7)8)46(44(39(29(9)10)30(11)12)40(31(13)14)32(15)16)45(41(33(17)18)34(19)20)42(35(21)22)36(23)24/h2-12,15-16,18,29,33,36H,13-14,17,19H2,1H3;. The van der Waals surface area contributed by atoms with Gasteiger partial charge in [-0.25, -0.2) is 4.39 Å². The number of hydrogen-bond donors (Lipinski definition) is 1. The summed E-state index contributed by atoms with van der Waals surface area (Å²) in [5.41, 5.74) is 8.18.